The van der Waals surface area contributed by atoms with Crippen LogP contribution in [0.2, 0.25) is 0 Å². The highest BCUT2D eigenvalue weighted by atomic mass is 16.3. The minimum atomic E-state index is -0.180. The summed E-state index contributed by atoms with van der Waals surface area (Å²) >= 11 is 0. The van der Waals surface area contributed by atoms with Gasteiger partial charge in [-0.25, -0.2) is 0 Å². The molecule has 2 aromatic rings. The van der Waals surface area contributed by atoms with E-state index in [4.69, 9.17) is 0 Å². The van der Waals surface area contributed by atoms with Crippen LogP contribution in [-0.2, 0) is 0 Å². The van der Waals surface area contributed by atoms with Gasteiger partial charge in [-0.3, -0.25) is 4.79 Å². The van der Waals surface area contributed by atoms with Crippen molar-refractivity contribution in [3.8, 4) is 0 Å². The largest absolute Gasteiger partial charge is 0.508 e. The molecule has 0 fully saturated rings. The van der Waals surface area contributed by atoms with E-state index in [9.17, 15) is 9.90 Å². The molecule has 0 spiro atoms. The number of carbonyl (C=O) groups is 1. The highest BCUT2D eigenvalue weighted by molar-refractivity contribution is 6.04. The fraction of sp³-hybridized carbons (Fsp3) is 0.0625. The Morgan fingerprint density at radius 3 is 2.42 bits per heavy atom. The summed E-state index contributed by atoms with van der Waals surface area (Å²) in [5.41, 5.74) is 2.91. The third-order valence-electron chi connectivity index (χ3n) is 2.77. The molecule has 2 rings (SSSR count). The summed E-state index contributed by atoms with van der Waals surface area (Å²) in [6, 6.07) is 14.2. The van der Waals surface area contributed by atoms with E-state index in [2.05, 4.69) is 11.9 Å². The van der Waals surface area contributed by atoms with Crippen LogP contribution in [0.15, 0.2) is 55.1 Å². The second kappa shape index (κ2) is 5.40. The number of aryl methyl sites for hydroxylation is 1. The maximum Gasteiger partial charge on any atom is 0.255 e. The number of aliphatic hydroxyl groups excluding tert-OH is 1. The monoisotopic (exact) mass is 253 g/mol. The summed E-state index contributed by atoms with van der Waals surface area (Å²) in [7, 11) is 0. The second-order valence-electron chi connectivity index (χ2n) is 4.35. The Bertz CT molecular complexity index is 615. The molecule has 0 bridgehead atoms. The minimum Gasteiger partial charge on any atom is -0.508 e. The molecule has 0 unspecified atom stereocenters. The van der Waals surface area contributed by atoms with E-state index in [1.807, 2.05) is 19.1 Å². The molecule has 96 valence electrons. The van der Waals surface area contributed by atoms with Gasteiger partial charge in [0.2, 0.25) is 0 Å². The fourth-order valence-corrected chi connectivity index (χ4v) is 1.68. The van der Waals surface area contributed by atoms with Crippen LogP contribution in [0.4, 0.5) is 5.69 Å². The van der Waals surface area contributed by atoms with Crippen molar-refractivity contribution in [2.24, 2.45) is 0 Å². The number of carbonyl (C=O) groups excluding carboxylic acids is 1. The Hall–Kier alpha value is -2.55. The molecular formula is C16H15NO2. The smallest absolute Gasteiger partial charge is 0.255 e. The van der Waals surface area contributed by atoms with Crippen LogP contribution >= 0.6 is 0 Å². The summed E-state index contributed by atoms with van der Waals surface area (Å²) in [6.45, 7) is 5.43. The first-order chi connectivity index (χ1) is 9.06. The van der Waals surface area contributed by atoms with Crippen LogP contribution < -0.4 is 5.32 Å². The molecule has 3 heteroatoms. The van der Waals surface area contributed by atoms with Crippen LogP contribution in [0.3, 0.4) is 0 Å². The normalized spacial score (nSPS) is 9.95. The van der Waals surface area contributed by atoms with E-state index in [0.29, 0.717) is 16.8 Å². The van der Waals surface area contributed by atoms with Crippen molar-refractivity contribution in [1.29, 1.82) is 0 Å². The molecule has 2 aromatic carbocycles. The first-order valence-corrected chi connectivity index (χ1v) is 5.92. The predicted octanol–water partition coefficient (Wildman–Crippen LogP) is 3.78. The molecule has 0 heterocycles. The van der Waals surface area contributed by atoms with E-state index in [1.165, 1.54) is 0 Å². The van der Waals surface area contributed by atoms with Gasteiger partial charge in [-0.2, -0.15) is 0 Å². The van der Waals surface area contributed by atoms with Gasteiger partial charge in [-0.15, -0.1) is 0 Å². The first kappa shape index (κ1) is 12.9. The predicted molar refractivity (Wildman–Crippen MR) is 77.2 cm³/mol. The topological polar surface area (TPSA) is 49.3 Å². The van der Waals surface area contributed by atoms with Crippen molar-refractivity contribution in [1.82, 2.24) is 0 Å². The zero-order chi connectivity index (χ0) is 13.8. The summed E-state index contributed by atoms with van der Waals surface area (Å²) in [4.78, 5) is 12.0. The molecule has 0 aliphatic rings. The van der Waals surface area contributed by atoms with Crippen molar-refractivity contribution in [3.63, 3.8) is 0 Å². The highest BCUT2D eigenvalue weighted by Crippen LogP contribution is 2.16. The zero-order valence-electron chi connectivity index (χ0n) is 10.7. The number of benzene rings is 2. The number of amides is 1. The lowest BCUT2D eigenvalue weighted by Crippen LogP contribution is -2.11. The summed E-state index contributed by atoms with van der Waals surface area (Å²) in [5, 5.41) is 12.1. The molecule has 0 aliphatic heterocycles. The van der Waals surface area contributed by atoms with Crippen molar-refractivity contribution >= 4 is 17.4 Å². The van der Waals surface area contributed by atoms with Gasteiger partial charge in [-0.1, -0.05) is 36.4 Å². The van der Waals surface area contributed by atoms with Gasteiger partial charge in [0.05, 0.1) is 0 Å². The molecule has 3 nitrogen and oxygen atoms in total. The van der Waals surface area contributed by atoms with E-state index in [1.54, 1.807) is 36.4 Å². The number of anilines is 1. The molecule has 0 radical (unpaired) electrons. The van der Waals surface area contributed by atoms with Crippen molar-refractivity contribution in [2.75, 3.05) is 5.32 Å². The maximum atomic E-state index is 12.0. The van der Waals surface area contributed by atoms with E-state index in [0.717, 1.165) is 5.56 Å². The molecule has 0 saturated heterocycles. The Morgan fingerprint density at radius 1 is 1.11 bits per heavy atom. The van der Waals surface area contributed by atoms with Crippen molar-refractivity contribution in [3.05, 3.63) is 71.8 Å². The average molecular weight is 253 g/mol. The van der Waals surface area contributed by atoms with Gasteiger partial charge in [-0.05, 0) is 31.2 Å². The molecular weight excluding hydrogens is 238 g/mol. The minimum absolute atomic E-state index is 0.0218. The molecule has 2 N–H and O–H groups in total. The summed E-state index contributed by atoms with van der Waals surface area (Å²) in [5.74, 6) is -0.202. The number of hydrogen-bond acceptors (Lipinski definition) is 2. The molecule has 0 aliphatic carbocycles. The fourth-order valence-electron chi connectivity index (χ4n) is 1.68. The molecule has 0 atom stereocenters. The summed E-state index contributed by atoms with van der Waals surface area (Å²) < 4.78 is 0. The Morgan fingerprint density at radius 2 is 1.79 bits per heavy atom. The quantitative estimate of drug-likeness (QED) is 0.818. The van der Waals surface area contributed by atoms with Gasteiger partial charge >= 0.3 is 0 Å². The third kappa shape index (κ3) is 3.22. The van der Waals surface area contributed by atoms with Crippen molar-refractivity contribution < 1.29 is 9.90 Å². The number of rotatable bonds is 3. The summed E-state index contributed by atoms with van der Waals surface area (Å²) in [6.07, 6.45) is 0. The first-order valence-electron chi connectivity index (χ1n) is 5.92. The standard InChI is InChI=1S/C16H15NO2/c1-11-6-8-13(9-7-11)16(19)17-15-5-3-4-14(10-15)12(2)18/h3-10,18H,2H2,1H3,(H,17,19). The van der Waals surface area contributed by atoms with Crippen LogP contribution in [0, 0.1) is 6.92 Å². The number of hydrogen-bond donors (Lipinski definition) is 2. The molecule has 1 amide bonds. The lowest BCUT2D eigenvalue weighted by molar-refractivity contribution is 0.102. The lowest BCUT2D eigenvalue weighted by atomic mass is 10.1. The third-order valence-corrected chi connectivity index (χ3v) is 2.77. The van der Waals surface area contributed by atoms with Crippen LogP contribution in [0.1, 0.15) is 21.5 Å². The Kier molecular flexibility index (Phi) is 3.66. The van der Waals surface area contributed by atoms with Crippen LogP contribution in [0.5, 0.6) is 0 Å². The molecule has 19 heavy (non-hydrogen) atoms. The van der Waals surface area contributed by atoms with Gasteiger partial charge in [0.1, 0.15) is 5.76 Å². The van der Waals surface area contributed by atoms with E-state index >= 15 is 0 Å². The van der Waals surface area contributed by atoms with Gasteiger partial charge in [0.15, 0.2) is 0 Å². The highest BCUT2D eigenvalue weighted by Gasteiger charge is 2.06. The second-order valence-corrected chi connectivity index (χ2v) is 4.35. The molecule has 0 saturated carbocycles. The Labute approximate surface area is 112 Å². The van der Waals surface area contributed by atoms with Crippen molar-refractivity contribution in [2.45, 2.75) is 6.92 Å². The van der Waals surface area contributed by atoms with E-state index < -0.39 is 0 Å². The number of aliphatic hydroxyl groups is 1. The van der Waals surface area contributed by atoms with Crippen LogP contribution in [0.25, 0.3) is 5.76 Å². The van der Waals surface area contributed by atoms with E-state index in [-0.39, 0.29) is 11.7 Å². The average Bonchev–Trinajstić information content (AvgIpc) is 2.39. The lowest BCUT2D eigenvalue weighted by Gasteiger charge is -2.07. The maximum absolute atomic E-state index is 12.0. The van der Waals surface area contributed by atoms with Gasteiger partial charge < -0.3 is 10.4 Å². The van der Waals surface area contributed by atoms with Gasteiger partial charge in [0, 0.05) is 16.8 Å². The molecule has 0 aromatic heterocycles. The Balaban J connectivity index is 2.17. The number of nitrogens with one attached hydrogen (secondary N) is 1. The van der Waals surface area contributed by atoms with Crippen LogP contribution in [-0.4, -0.2) is 11.0 Å². The van der Waals surface area contributed by atoms with Gasteiger partial charge in [0.25, 0.3) is 5.91 Å². The SMILES string of the molecule is C=C(O)c1cccc(NC(=O)c2ccc(C)cc2)c1. The zero-order valence-corrected chi connectivity index (χ0v) is 10.7.